The fraction of sp³-hybridized carbons (Fsp3) is 0.600. The predicted octanol–water partition coefficient (Wildman–Crippen LogP) is 1.07. The lowest BCUT2D eigenvalue weighted by molar-refractivity contribution is 0.300. The van der Waals surface area contributed by atoms with Crippen molar-refractivity contribution < 1.29 is 13.5 Å². The Labute approximate surface area is 99.6 Å². The summed E-state index contributed by atoms with van der Waals surface area (Å²) in [6, 6.07) is 3.42. The van der Waals surface area contributed by atoms with Gasteiger partial charge in [0.25, 0.3) is 10.0 Å². The van der Waals surface area contributed by atoms with Gasteiger partial charge in [-0.1, -0.05) is 0 Å². The third-order valence-corrected chi connectivity index (χ3v) is 6.17. The zero-order valence-corrected chi connectivity index (χ0v) is 10.6. The van der Waals surface area contributed by atoms with Gasteiger partial charge in [0.15, 0.2) is 0 Å². The molecule has 90 valence electrons. The number of aliphatic hydroxyl groups is 1. The lowest BCUT2D eigenvalue weighted by Crippen LogP contribution is -2.27. The van der Waals surface area contributed by atoms with E-state index in [0.717, 1.165) is 17.7 Å². The molecule has 0 aliphatic carbocycles. The Kier molecular flexibility index (Phi) is 3.63. The predicted molar refractivity (Wildman–Crippen MR) is 63.1 cm³/mol. The van der Waals surface area contributed by atoms with Gasteiger partial charge in [-0.3, -0.25) is 0 Å². The molecule has 16 heavy (non-hydrogen) atoms. The zero-order valence-electron chi connectivity index (χ0n) is 8.92. The Hall–Kier alpha value is -0.430. The first-order valence-corrected chi connectivity index (χ1v) is 7.60. The summed E-state index contributed by atoms with van der Waals surface area (Å²) in [5, 5.41) is 8.79. The quantitative estimate of drug-likeness (QED) is 0.882. The maximum absolute atomic E-state index is 12.1. The van der Waals surface area contributed by atoms with Crippen LogP contribution in [0.3, 0.4) is 0 Å². The van der Waals surface area contributed by atoms with Crippen LogP contribution in [-0.2, 0) is 16.4 Å². The van der Waals surface area contributed by atoms with E-state index in [1.807, 2.05) is 0 Å². The maximum atomic E-state index is 12.1. The topological polar surface area (TPSA) is 57.6 Å². The molecule has 0 amide bonds. The number of thiophene rings is 1. The molecule has 1 aromatic rings. The van der Waals surface area contributed by atoms with Crippen molar-refractivity contribution in [2.45, 2.75) is 23.5 Å². The van der Waals surface area contributed by atoms with E-state index in [4.69, 9.17) is 5.11 Å². The average molecular weight is 261 g/mol. The van der Waals surface area contributed by atoms with Crippen LogP contribution < -0.4 is 0 Å². The zero-order chi connectivity index (χ0) is 11.6. The van der Waals surface area contributed by atoms with Crippen LogP contribution in [0.15, 0.2) is 16.3 Å². The molecule has 0 unspecified atom stereocenters. The van der Waals surface area contributed by atoms with E-state index >= 15 is 0 Å². The molecule has 2 heterocycles. The highest BCUT2D eigenvalue weighted by atomic mass is 32.2. The average Bonchev–Trinajstić information content (AvgIpc) is 2.88. The molecule has 1 N–H and O–H groups in total. The molecule has 0 spiro atoms. The molecule has 1 aromatic heterocycles. The van der Waals surface area contributed by atoms with Gasteiger partial charge in [-0.05, 0) is 25.0 Å². The summed E-state index contributed by atoms with van der Waals surface area (Å²) in [5.74, 6) is 0. The Morgan fingerprint density at radius 3 is 2.62 bits per heavy atom. The third-order valence-electron chi connectivity index (χ3n) is 2.65. The lowest BCUT2D eigenvalue weighted by Gasteiger charge is -2.13. The lowest BCUT2D eigenvalue weighted by atomic mass is 10.4. The number of sulfonamides is 1. The summed E-state index contributed by atoms with van der Waals surface area (Å²) in [7, 11) is -3.27. The molecular weight excluding hydrogens is 246 g/mol. The normalized spacial score (nSPS) is 18.1. The summed E-state index contributed by atoms with van der Waals surface area (Å²) in [4.78, 5) is 0.917. The molecule has 0 saturated carbocycles. The fourth-order valence-corrected chi connectivity index (χ4v) is 4.81. The molecule has 2 rings (SSSR count). The highest BCUT2D eigenvalue weighted by Crippen LogP contribution is 2.27. The second kappa shape index (κ2) is 4.83. The van der Waals surface area contributed by atoms with Gasteiger partial charge in [-0.15, -0.1) is 11.3 Å². The van der Waals surface area contributed by atoms with E-state index in [1.165, 1.54) is 11.3 Å². The number of aliphatic hydroxyl groups excluding tert-OH is 1. The molecule has 1 aliphatic rings. The van der Waals surface area contributed by atoms with Gasteiger partial charge < -0.3 is 5.11 Å². The summed E-state index contributed by atoms with van der Waals surface area (Å²) in [6.45, 7) is 1.33. The third kappa shape index (κ3) is 2.29. The standard InChI is InChI=1S/C10H15NO3S2/c12-8-5-9-3-4-10(15-9)16(13,14)11-6-1-2-7-11/h3-4,12H,1-2,5-8H2. The Morgan fingerprint density at radius 2 is 2.00 bits per heavy atom. The van der Waals surface area contributed by atoms with Gasteiger partial charge >= 0.3 is 0 Å². The van der Waals surface area contributed by atoms with E-state index in [2.05, 4.69) is 0 Å². The number of rotatable bonds is 4. The van der Waals surface area contributed by atoms with Crippen molar-refractivity contribution in [3.05, 3.63) is 17.0 Å². The van der Waals surface area contributed by atoms with E-state index < -0.39 is 10.0 Å². The van der Waals surface area contributed by atoms with Crippen molar-refractivity contribution in [1.29, 1.82) is 0 Å². The van der Waals surface area contributed by atoms with Crippen molar-refractivity contribution in [3.63, 3.8) is 0 Å². The summed E-state index contributed by atoms with van der Waals surface area (Å²) in [5.41, 5.74) is 0. The van der Waals surface area contributed by atoms with Crippen LogP contribution in [0.1, 0.15) is 17.7 Å². The van der Waals surface area contributed by atoms with E-state index in [9.17, 15) is 8.42 Å². The minimum absolute atomic E-state index is 0.0592. The SMILES string of the molecule is O=S(=O)(c1ccc(CCO)s1)N1CCCC1. The summed E-state index contributed by atoms with van der Waals surface area (Å²) >= 11 is 1.26. The summed E-state index contributed by atoms with van der Waals surface area (Å²) in [6.07, 6.45) is 2.43. The van der Waals surface area contributed by atoms with Gasteiger partial charge in [-0.2, -0.15) is 4.31 Å². The second-order valence-corrected chi connectivity index (χ2v) is 7.14. The first-order valence-electron chi connectivity index (χ1n) is 5.34. The van der Waals surface area contributed by atoms with Crippen LogP contribution in [0.4, 0.5) is 0 Å². The van der Waals surface area contributed by atoms with Crippen LogP contribution in [0.2, 0.25) is 0 Å². The van der Waals surface area contributed by atoms with Crippen LogP contribution in [0, 0.1) is 0 Å². The Morgan fingerprint density at radius 1 is 1.31 bits per heavy atom. The van der Waals surface area contributed by atoms with Gasteiger partial charge in [0.2, 0.25) is 0 Å². The smallest absolute Gasteiger partial charge is 0.252 e. The van der Waals surface area contributed by atoms with Gasteiger partial charge in [0, 0.05) is 31.0 Å². The molecule has 0 radical (unpaired) electrons. The van der Waals surface area contributed by atoms with E-state index in [-0.39, 0.29) is 6.61 Å². The minimum Gasteiger partial charge on any atom is -0.396 e. The molecular formula is C10H15NO3S2. The summed E-state index contributed by atoms with van der Waals surface area (Å²) < 4.78 is 26.2. The number of nitrogens with zero attached hydrogens (tertiary/aromatic N) is 1. The highest BCUT2D eigenvalue weighted by Gasteiger charge is 2.28. The molecule has 1 fully saturated rings. The molecule has 1 saturated heterocycles. The van der Waals surface area contributed by atoms with E-state index in [1.54, 1.807) is 16.4 Å². The minimum atomic E-state index is -3.27. The van der Waals surface area contributed by atoms with Crippen LogP contribution >= 0.6 is 11.3 Å². The molecule has 0 atom stereocenters. The molecule has 1 aliphatic heterocycles. The fourth-order valence-electron chi connectivity index (χ4n) is 1.80. The van der Waals surface area contributed by atoms with Crippen molar-refractivity contribution in [1.82, 2.24) is 4.31 Å². The highest BCUT2D eigenvalue weighted by molar-refractivity contribution is 7.91. The molecule has 4 nitrogen and oxygen atoms in total. The van der Waals surface area contributed by atoms with Gasteiger partial charge in [0.05, 0.1) is 0 Å². The first kappa shape index (κ1) is 12.0. The van der Waals surface area contributed by atoms with Gasteiger partial charge in [0.1, 0.15) is 4.21 Å². The Bertz CT molecular complexity index is 446. The van der Waals surface area contributed by atoms with Gasteiger partial charge in [-0.25, -0.2) is 8.42 Å². The molecule has 0 bridgehead atoms. The molecule has 0 aromatic carbocycles. The van der Waals surface area contributed by atoms with Crippen molar-refractivity contribution in [2.24, 2.45) is 0 Å². The largest absolute Gasteiger partial charge is 0.396 e. The van der Waals surface area contributed by atoms with Crippen LogP contribution in [0.25, 0.3) is 0 Å². The van der Waals surface area contributed by atoms with Crippen molar-refractivity contribution in [3.8, 4) is 0 Å². The van der Waals surface area contributed by atoms with Crippen molar-refractivity contribution >= 4 is 21.4 Å². The molecule has 6 heteroatoms. The van der Waals surface area contributed by atoms with Crippen molar-refractivity contribution in [2.75, 3.05) is 19.7 Å². The monoisotopic (exact) mass is 261 g/mol. The first-order chi connectivity index (χ1) is 7.64. The maximum Gasteiger partial charge on any atom is 0.252 e. The number of hydrogen-bond acceptors (Lipinski definition) is 4. The van der Waals surface area contributed by atoms with Crippen LogP contribution in [-0.4, -0.2) is 37.5 Å². The second-order valence-electron chi connectivity index (χ2n) is 3.81. The van der Waals surface area contributed by atoms with E-state index in [0.29, 0.717) is 23.7 Å². The van der Waals surface area contributed by atoms with Crippen LogP contribution in [0.5, 0.6) is 0 Å². The Balaban J connectivity index is 2.21. The number of hydrogen-bond donors (Lipinski definition) is 1.